The zero-order valence-electron chi connectivity index (χ0n) is 11.4. The Hall–Kier alpha value is -3.28. The molecule has 0 aliphatic carbocycles. The topological polar surface area (TPSA) is 73.3 Å². The molecule has 0 amide bonds. The summed E-state index contributed by atoms with van der Waals surface area (Å²) in [5.41, 5.74) is 3.25. The van der Waals surface area contributed by atoms with E-state index in [4.69, 9.17) is 0 Å². The number of imidazole rings is 1. The van der Waals surface area contributed by atoms with Crippen molar-refractivity contribution in [3.8, 4) is 11.3 Å². The highest BCUT2D eigenvalue weighted by atomic mass is 16.6. The van der Waals surface area contributed by atoms with Gasteiger partial charge in [0.1, 0.15) is 0 Å². The highest BCUT2D eigenvalue weighted by Gasteiger charge is 2.10. The maximum absolute atomic E-state index is 10.9. The van der Waals surface area contributed by atoms with Crippen LogP contribution in [0.5, 0.6) is 0 Å². The van der Waals surface area contributed by atoms with Crippen LogP contribution in [-0.4, -0.2) is 19.3 Å². The summed E-state index contributed by atoms with van der Waals surface area (Å²) < 4.78 is 1.90. The third-order valence-electron chi connectivity index (χ3n) is 3.53. The highest BCUT2D eigenvalue weighted by molar-refractivity contribution is 5.80. The van der Waals surface area contributed by atoms with Crippen molar-refractivity contribution in [3.63, 3.8) is 0 Å². The second-order valence-electron chi connectivity index (χ2n) is 4.89. The van der Waals surface area contributed by atoms with Crippen molar-refractivity contribution < 1.29 is 4.92 Å². The molecule has 2 aromatic carbocycles. The van der Waals surface area contributed by atoms with Crippen LogP contribution in [0, 0.1) is 10.1 Å². The minimum Gasteiger partial charge on any atom is -0.284 e. The van der Waals surface area contributed by atoms with Crippen LogP contribution in [-0.2, 0) is 0 Å². The van der Waals surface area contributed by atoms with E-state index in [-0.39, 0.29) is 5.69 Å². The number of hydrogen-bond donors (Lipinski definition) is 0. The lowest BCUT2D eigenvalue weighted by atomic mass is 10.1. The molecule has 2 heterocycles. The zero-order valence-corrected chi connectivity index (χ0v) is 11.4. The summed E-state index contributed by atoms with van der Waals surface area (Å²) in [4.78, 5) is 19.5. The van der Waals surface area contributed by atoms with Gasteiger partial charge in [-0.25, -0.2) is 9.97 Å². The molecule has 0 spiro atoms. The van der Waals surface area contributed by atoms with Gasteiger partial charge in [0.05, 0.1) is 21.7 Å². The molecule has 0 bridgehead atoms. The second kappa shape index (κ2) is 4.63. The molecule has 0 fully saturated rings. The third kappa shape index (κ3) is 1.89. The molecule has 0 N–H and O–H groups in total. The van der Waals surface area contributed by atoms with Crippen molar-refractivity contribution in [2.45, 2.75) is 0 Å². The van der Waals surface area contributed by atoms with Crippen molar-refractivity contribution in [3.05, 3.63) is 70.9 Å². The van der Waals surface area contributed by atoms with E-state index in [9.17, 15) is 10.1 Å². The van der Waals surface area contributed by atoms with Gasteiger partial charge >= 0.3 is 0 Å². The number of hydrogen-bond acceptors (Lipinski definition) is 4. The van der Waals surface area contributed by atoms with Gasteiger partial charge < -0.3 is 0 Å². The van der Waals surface area contributed by atoms with E-state index in [0.29, 0.717) is 17.0 Å². The van der Waals surface area contributed by atoms with Crippen LogP contribution < -0.4 is 0 Å². The fraction of sp³-hybridized carbons (Fsp3) is 0. The van der Waals surface area contributed by atoms with E-state index in [2.05, 4.69) is 9.97 Å². The van der Waals surface area contributed by atoms with E-state index >= 15 is 0 Å². The largest absolute Gasteiger partial charge is 0.284 e. The van der Waals surface area contributed by atoms with Crippen LogP contribution in [0.1, 0.15) is 0 Å². The van der Waals surface area contributed by atoms with Crippen LogP contribution >= 0.6 is 0 Å². The number of non-ortho nitro benzene ring substituents is 1. The minimum atomic E-state index is -0.411. The Morgan fingerprint density at radius 3 is 2.73 bits per heavy atom. The Morgan fingerprint density at radius 2 is 1.86 bits per heavy atom. The summed E-state index contributed by atoms with van der Waals surface area (Å²) in [7, 11) is 0. The number of nitro benzene ring substituents is 1. The van der Waals surface area contributed by atoms with Crippen molar-refractivity contribution in [1.29, 1.82) is 0 Å². The molecule has 6 heteroatoms. The predicted octanol–water partition coefficient (Wildman–Crippen LogP) is 3.46. The Kier molecular flexibility index (Phi) is 2.62. The Balaban J connectivity index is 1.91. The second-order valence-corrected chi connectivity index (χ2v) is 4.89. The average Bonchev–Trinajstić information content (AvgIpc) is 2.92. The fourth-order valence-corrected chi connectivity index (χ4v) is 2.49. The molecule has 22 heavy (non-hydrogen) atoms. The van der Waals surface area contributed by atoms with E-state index in [1.54, 1.807) is 12.1 Å². The number of nitro groups is 1. The fourth-order valence-electron chi connectivity index (χ4n) is 2.49. The first-order valence-electron chi connectivity index (χ1n) is 6.71. The van der Waals surface area contributed by atoms with Crippen LogP contribution in [0.3, 0.4) is 0 Å². The molecule has 106 valence electrons. The van der Waals surface area contributed by atoms with Gasteiger partial charge in [-0.2, -0.15) is 0 Å². The maximum atomic E-state index is 10.9. The van der Waals surface area contributed by atoms with Gasteiger partial charge in [-0.3, -0.25) is 14.5 Å². The van der Waals surface area contributed by atoms with E-state index < -0.39 is 4.92 Å². The Morgan fingerprint density at radius 1 is 1.00 bits per heavy atom. The van der Waals surface area contributed by atoms with Crippen molar-refractivity contribution >= 4 is 22.5 Å². The summed E-state index contributed by atoms with van der Waals surface area (Å²) in [5.74, 6) is 0.574. The summed E-state index contributed by atoms with van der Waals surface area (Å²) in [6.45, 7) is 0. The molecule has 0 aliphatic rings. The molecule has 0 unspecified atom stereocenters. The predicted molar refractivity (Wildman–Crippen MR) is 82.6 cm³/mol. The van der Waals surface area contributed by atoms with Crippen molar-refractivity contribution in [1.82, 2.24) is 14.4 Å². The van der Waals surface area contributed by atoms with Gasteiger partial charge in [0.25, 0.3) is 5.69 Å². The molecule has 2 aromatic heterocycles. The standard InChI is InChI=1S/C16H10N4O2/c21-20(22)12-5-3-4-11(10-12)13-8-9-19-15-7-2-1-6-14(15)18-16(19)17-13/h1-10H. The summed E-state index contributed by atoms with van der Waals surface area (Å²) in [5, 5.41) is 10.9. The molecule has 4 aromatic rings. The number of nitrogens with zero attached hydrogens (tertiary/aromatic N) is 4. The van der Waals surface area contributed by atoms with E-state index in [0.717, 1.165) is 11.0 Å². The quantitative estimate of drug-likeness (QED) is 0.418. The lowest BCUT2D eigenvalue weighted by Crippen LogP contribution is -1.92. The van der Waals surface area contributed by atoms with E-state index in [1.165, 1.54) is 12.1 Å². The maximum Gasteiger partial charge on any atom is 0.270 e. The van der Waals surface area contributed by atoms with Crippen molar-refractivity contribution in [2.24, 2.45) is 0 Å². The third-order valence-corrected chi connectivity index (χ3v) is 3.53. The first kappa shape index (κ1) is 12.5. The lowest BCUT2D eigenvalue weighted by molar-refractivity contribution is -0.384. The summed E-state index contributed by atoms with van der Waals surface area (Å²) in [6, 6.07) is 16.0. The highest BCUT2D eigenvalue weighted by Crippen LogP contribution is 2.23. The molecular formula is C16H10N4O2. The molecule has 0 saturated carbocycles. The van der Waals surface area contributed by atoms with Gasteiger partial charge in [0, 0.05) is 23.9 Å². The van der Waals surface area contributed by atoms with Crippen LogP contribution in [0.15, 0.2) is 60.8 Å². The molecule has 0 atom stereocenters. The van der Waals surface area contributed by atoms with Gasteiger partial charge in [-0.15, -0.1) is 0 Å². The average molecular weight is 290 g/mol. The first-order valence-corrected chi connectivity index (χ1v) is 6.71. The summed E-state index contributed by atoms with van der Waals surface area (Å²) in [6.07, 6.45) is 1.88. The van der Waals surface area contributed by atoms with Crippen molar-refractivity contribution in [2.75, 3.05) is 0 Å². The Bertz CT molecular complexity index is 1020. The number of fused-ring (bicyclic) bond motifs is 3. The van der Waals surface area contributed by atoms with Gasteiger partial charge in [0.15, 0.2) is 0 Å². The molecule has 4 rings (SSSR count). The lowest BCUT2D eigenvalue weighted by Gasteiger charge is -2.02. The number of para-hydroxylation sites is 2. The molecule has 0 saturated heterocycles. The number of rotatable bonds is 2. The van der Waals surface area contributed by atoms with Gasteiger partial charge in [-0.1, -0.05) is 24.3 Å². The van der Waals surface area contributed by atoms with Crippen LogP contribution in [0.4, 0.5) is 5.69 Å². The molecule has 0 radical (unpaired) electrons. The normalized spacial score (nSPS) is 11.1. The molecule has 0 aliphatic heterocycles. The van der Waals surface area contributed by atoms with Crippen LogP contribution in [0.2, 0.25) is 0 Å². The molecular weight excluding hydrogens is 280 g/mol. The van der Waals surface area contributed by atoms with Gasteiger partial charge in [-0.05, 0) is 18.2 Å². The number of benzene rings is 2. The molecule has 6 nitrogen and oxygen atoms in total. The zero-order chi connectivity index (χ0) is 15.1. The smallest absolute Gasteiger partial charge is 0.270 e. The Labute approximate surface area is 124 Å². The summed E-state index contributed by atoms with van der Waals surface area (Å²) >= 11 is 0. The van der Waals surface area contributed by atoms with Crippen LogP contribution in [0.25, 0.3) is 28.1 Å². The monoisotopic (exact) mass is 290 g/mol. The minimum absolute atomic E-state index is 0.0488. The van der Waals surface area contributed by atoms with Gasteiger partial charge in [0.2, 0.25) is 5.78 Å². The SMILES string of the molecule is O=[N+]([O-])c1cccc(-c2ccn3c(n2)nc2ccccc23)c1. The van der Waals surface area contributed by atoms with E-state index in [1.807, 2.05) is 40.9 Å². The first-order chi connectivity index (χ1) is 10.7. The number of aromatic nitrogens is 3.